The first kappa shape index (κ1) is 14.8. The molecule has 6 heteroatoms. The predicted octanol–water partition coefficient (Wildman–Crippen LogP) is 3.07. The van der Waals surface area contributed by atoms with Crippen LogP contribution in [0.5, 0.6) is 0 Å². The molecule has 1 atom stereocenters. The number of ether oxygens (including phenoxy) is 1. The molecule has 0 spiro atoms. The Hall–Kier alpha value is -1.11. The van der Waals surface area contributed by atoms with Gasteiger partial charge in [-0.3, -0.25) is 10.1 Å². The summed E-state index contributed by atoms with van der Waals surface area (Å²) in [7, 11) is 1.44. The molecule has 1 aromatic carbocycles. The molecule has 0 aliphatic heterocycles. The summed E-state index contributed by atoms with van der Waals surface area (Å²) in [5, 5.41) is 3.40. The number of fused-ring (bicyclic) bond motifs is 1. The standard InChI is InChI=1S/C15H18N2O2S2/c1-15(13(18)19-2,17-10-7-8-10)9-20-14-16-11-5-3-4-6-12(11)21-14/h3-6,10,17H,7-9H2,1-2H3. The fourth-order valence-corrected chi connectivity index (χ4v) is 4.34. The Bertz CT molecular complexity index is 621. The van der Waals surface area contributed by atoms with E-state index in [1.165, 1.54) is 11.8 Å². The lowest BCUT2D eigenvalue weighted by Crippen LogP contribution is -2.53. The number of carbonyl (C=O) groups excluding carboxylic acids is 1. The van der Waals surface area contributed by atoms with Gasteiger partial charge in [0.05, 0.1) is 17.3 Å². The Balaban J connectivity index is 1.71. The fourth-order valence-electron chi connectivity index (χ4n) is 2.18. The number of aromatic nitrogens is 1. The van der Waals surface area contributed by atoms with Gasteiger partial charge in [0.25, 0.3) is 0 Å². The van der Waals surface area contributed by atoms with Crippen LogP contribution in [0, 0.1) is 0 Å². The Morgan fingerprint density at radius 2 is 2.29 bits per heavy atom. The quantitative estimate of drug-likeness (QED) is 0.654. The maximum absolute atomic E-state index is 12.1. The summed E-state index contributed by atoms with van der Waals surface area (Å²) in [5.41, 5.74) is 0.359. The van der Waals surface area contributed by atoms with Crippen molar-refractivity contribution >= 4 is 39.3 Å². The van der Waals surface area contributed by atoms with Gasteiger partial charge in [-0.15, -0.1) is 11.3 Å². The zero-order chi connectivity index (χ0) is 14.9. The zero-order valence-electron chi connectivity index (χ0n) is 12.1. The zero-order valence-corrected chi connectivity index (χ0v) is 13.7. The molecule has 0 amide bonds. The summed E-state index contributed by atoms with van der Waals surface area (Å²) < 4.78 is 7.13. The minimum Gasteiger partial charge on any atom is -0.468 e. The molecule has 1 heterocycles. The minimum atomic E-state index is -0.654. The number of rotatable bonds is 6. The van der Waals surface area contributed by atoms with E-state index in [2.05, 4.69) is 16.4 Å². The molecule has 0 radical (unpaired) electrons. The average Bonchev–Trinajstić information content (AvgIpc) is 3.19. The van der Waals surface area contributed by atoms with Crippen LogP contribution in [0.2, 0.25) is 0 Å². The molecule has 1 aliphatic carbocycles. The van der Waals surface area contributed by atoms with Crippen molar-refractivity contribution in [2.45, 2.75) is 35.7 Å². The van der Waals surface area contributed by atoms with Gasteiger partial charge in [0, 0.05) is 11.8 Å². The smallest absolute Gasteiger partial charge is 0.326 e. The Kier molecular flexibility index (Phi) is 4.19. The molecular weight excluding hydrogens is 304 g/mol. The van der Waals surface area contributed by atoms with Gasteiger partial charge in [0.2, 0.25) is 0 Å². The second-order valence-corrected chi connectivity index (χ2v) is 7.73. The van der Waals surface area contributed by atoms with Gasteiger partial charge in [-0.1, -0.05) is 23.9 Å². The number of methoxy groups -OCH3 is 1. The number of benzene rings is 1. The third-order valence-corrected chi connectivity index (χ3v) is 5.99. The van der Waals surface area contributed by atoms with E-state index in [4.69, 9.17) is 4.74 Å². The van der Waals surface area contributed by atoms with E-state index in [1.54, 1.807) is 23.1 Å². The van der Waals surface area contributed by atoms with E-state index >= 15 is 0 Å². The maximum Gasteiger partial charge on any atom is 0.326 e. The van der Waals surface area contributed by atoms with Gasteiger partial charge < -0.3 is 4.74 Å². The molecule has 21 heavy (non-hydrogen) atoms. The number of hydrogen-bond donors (Lipinski definition) is 1. The molecule has 1 unspecified atom stereocenters. The molecule has 1 aliphatic rings. The molecular formula is C15H18N2O2S2. The highest BCUT2D eigenvalue weighted by molar-refractivity contribution is 8.01. The van der Waals surface area contributed by atoms with E-state index in [-0.39, 0.29) is 5.97 Å². The number of thiazole rings is 1. The van der Waals surface area contributed by atoms with Crippen molar-refractivity contribution in [3.8, 4) is 0 Å². The van der Waals surface area contributed by atoms with Gasteiger partial charge in [-0.05, 0) is 31.9 Å². The van der Waals surface area contributed by atoms with Crippen molar-refractivity contribution in [2.75, 3.05) is 12.9 Å². The number of nitrogens with one attached hydrogen (secondary N) is 1. The van der Waals surface area contributed by atoms with Gasteiger partial charge in [0.1, 0.15) is 5.54 Å². The van der Waals surface area contributed by atoms with E-state index in [1.807, 2.05) is 25.1 Å². The molecule has 1 aromatic heterocycles. The van der Waals surface area contributed by atoms with E-state index in [0.29, 0.717) is 11.8 Å². The Morgan fingerprint density at radius 3 is 2.95 bits per heavy atom. The third-order valence-electron chi connectivity index (χ3n) is 3.49. The van der Waals surface area contributed by atoms with Crippen molar-refractivity contribution in [2.24, 2.45) is 0 Å². The number of nitrogens with zero attached hydrogens (tertiary/aromatic N) is 1. The summed E-state index contributed by atoms with van der Waals surface area (Å²) >= 11 is 3.27. The second-order valence-electron chi connectivity index (χ2n) is 5.48. The van der Waals surface area contributed by atoms with E-state index in [9.17, 15) is 4.79 Å². The number of para-hydroxylation sites is 1. The minimum absolute atomic E-state index is 0.206. The predicted molar refractivity (Wildman–Crippen MR) is 86.9 cm³/mol. The van der Waals surface area contributed by atoms with Crippen molar-refractivity contribution < 1.29 is 9.53 Å². The average molecular weight is 322 g/mol. The van der Waals surface area contributed by atoms with Crippen LogP contribution in [0.15, 0.2) is 28.6 Å². The van der Waals surface area contributed by atoms with E-state index < -0.39 is 5.54 Å². The largest absolute Gasteiger partial charge is 0.468 e. The highest BCUT2D eigenvalue weighted by Gasteiger charge is 2.39. The monoisotopic (exact) mass is 322 g/mol. The first-order valence-electron chi connectivity index (χ1n) is 6.95. The molecule has 1 saturated carbocycles. The highest BCUT2D eigenvalue weighted by atomic mass is 32.2. The number of thioether (sulfide) groups is 1. The van der Waals surface area contributed by atoms with Gasteiger partial charge in [0.15, 0.2) is 4.34 Å². The van der Waals surface area contributed by atoms with Crippen molar-refractivity contribution in [3.63, 3.8) is 0 Å². The first-order chi connectivity index (χ1) is 10.1. The third kappa shape index (κ3) is 3.39. The summed E-state index contributed by atoms with van der Waals surface area (Å²) in [6, 6.07) is 8.54. The highest BCUT2D eigenvalue weighted by Crippen LogP contribution is 2.32. The van der Waals surface area contributed by atoms with Crippen LogP contribution in [0.25, 0.3) is 10.2 Å². The van der Waals surface area contributed by atoms with Crippen LogP contribution in [-0.4, -0.2) is 35.4 Å². The molecule has 112 valence electrons. The van der Waals surface area contributed by atoms with Gasteiger partial charge >= 0.3 is 5.97 Å². The van der Waals surface area contributed by atoms with Crippen molar-refractivity contribution in [3.05, 3.63) is 24.3 Å². The lowest BCUT2D eigenvalue weighted by atomic mass is 10.1. The van der Waals surface area contributed by atoms with Crippen molar-refractivity contribution in [1.29, 1.82) is 0 Å². The molecule has 2 aromatic rings. The molecule has 3 rings (SSSR count). The van der Waals surface area contributed by atoms with Crippen LogP contribution in [0.1, 0.15) is 19.8 Å². The topological polar surface area (TPSA) is 51.2 Å². The number of esters is 1. The Morgan fingerprint density at radius 1 is 1.52 bits per heavy atom. The van der Waals surface area contributed by atoms with Crippen LogP contribution in [0.4, 0.5) is 0 Å². The first-order valence-corrected chi connectivity index (χ1v) is 8.75. The lowest BCUT2D eigenvalue weighted by molar-refractivity contribution is -0.146. The normalized spacial score (nSPS) is 17.6. The number of carbonyl (C=O) groups is 1. The second kappa shape index (κ2) is 5.94. The van der Waals surface area contributed by atoms with Crippen LogP contribution in [-0.2, 0) is 9.53 Å². The molecule has 1 fully saturated rings. The van der Waals surface area contributed by atoms with Gasteiger partial charge in [-0.25, -0.2) is 4.98 Å². The van der Waals surface area contributed by atoms with Crippen LogP contribution < -0.4 is 5.32 Å². The van der Waals surface area contributed by atoms with Crippen LogP contribution in [0.3, 0.4) is 0 Å². The lowest BCUT2D eigenvalue weighted by Gasteiger charge is -2.27. The van der Waals surface area contributed by atoms with Crippen LogP contribution >= 0.6 is 23.1 Å². The molecule has 0 bridgehead atoms. The maximum atomic E-state index is 12.1. The van der Waals surface area contributed by atoms with Gasteiger partial charge in [-0.2, -0.15) is 0 Å². The number of hydrogen-bond acceptors (Lipinski definition) is 6. The summed E-state index contributed by atoms with van der Waals surface area (Å²) in [5.74, 6) is 0.415. The Labute approximate surface area is 132 Å². The fraction of sp³-hybridized carbons (Fsp3) is 0.467. The van der Waals surface area contributed by atoms with E-state index in [0.717, 1.165) is 22.7 Å². The molecule has 1 N–H and O–H groups in total. The summed E-state index contributed by atoms with van der Waals surface area (Å²) in [6.07, 6.45) is 2.27. The van der Waals surface area contributed by atoms with Crippen molar-refractivity contribution in [1.82, 2.24) is 10.3 Å². The SMILES string of the molecule is COC(=O)C(C)(CSc1nc2ccccc2s1)NC1CC1. The summed E-state index contributed by atoms with van der Waals surface area (Å²) in [6.45, 7) is 1.91. The molecule has 0 saturated heterocycles. The molecule has 4 nitrogen and oxygen atoms in total. The summed E-state index contributed by atoms with van der Waals surface area (Å²) in [4.78, 5) is 16.7.